The van der Waals surface area contributed by atoms with Crippen LogP contribution in [0.3, 0.4) is 0 Å². The molecule has 0 unspecified atom stereocenters. The van der Waals surface area contributed by atoms with E-state index in [1.165, 1.54) is 32.1 Å². The Kier molecular flexibility index (Phi) is 6.64. The van der Waals surface area contributed by atoms with E-state index in [9.17, 15) is 0 Å². The molecule has 0 heterocycles. The van der Waals surface area contributed by atoms with Crippen molar-refractivity contribution in [2.45, 2.75) is 56.5 Å². The zero-order chi connectivity index (χ0) is 8.74. The van der Waals surface area contributed by atoms with E-state index in [4.69, 9.17) is 0 Å². The summed E-state index contributed by atoms with van der Waals surface area (Å²) in [6.45, 7) is 4.29. The third kappa shape index (κ3) is 10.7. The fourth-order valence-electron chi connectivity index (χ4n) is 1.06. The number of hydrogen-bond donors (Lipinski definition) is 2. The van der Waals surface area contributed by atoms with Crippen LogP contribution in [-0.4, -0.2) is 4.08 Å². The molecule has 68 valence electrons. The zero-order valence-electron chi connectivity index (χ0n) is 7.64. The van der Waals surface area contributed by atoms with Gasteiger partial charge >= 0.3 is 0 Å². The maximum atomic E-state index is 4.34. The molecule has 0 aliphatic carbocycles. The van der Waals surface area contributed by atoms with Gasteiger partial charge in [0, 0.05) is 0 Å². The second-order valence-corrected chi connectivity index (χ2v) is 5.71. The third-order valence-corrected chi connectivity index (χ3v) is 2.20. The average Bonchev–Trinajstić information content (AvgIpc) is 1.85. The van der Waals surface area contributed by atoms with Crippen LogP contribution >= 0.6 is 25.3 Å². The van der Waals surface area contributed by atoms with E-state index in [-0.39, 0.29) is 4.08 Å². The third-order valence-electron chi connectivity index (χ3n) is 1.75. The van der Waals surface area contributed by atoms with Gasteiger partial charge in [-0.1, -0.05) is 39.0 Å². The Morgan fingerprint density at radius 1 is 1.00 bits per heavy atom. The first-order valence-corrected chi connectivity index (χ1v) is 5.40. The largest absolute Gasteiger partial charge is 0.162 e. The molecule has 0 aliphatic heterocycles. The van der Waals surface area contributed by atoms with Crippen molar-refractivity contribution >= 4 is 25.3 Å². The lowest BCUT2D eigenvalue weighted by molar-refractivity contribution is 0.598. The number of rotatable bonds is 6. The van der Waals surface area contributed by atoms with Crippen LogP contribution in [0.4, 0.5) is 0 Å². The minimum absolute atomic E-state index is 0.0633. The van der Waals surface area contributed by atoms with Gasteiger partial charge in [-0.3, -0.25) is 0 Å². The van der Waals surface area contributed by atoms with Gasteiger partial charge in [0.1, 0.15) is 0 Å². The summed E-state index contributed by atoms with van der Waals surface area (Å²) >= 11 is 8.69. The molecular formula is C9H20S2. The normalized spacial score (nSPS) is 12.0. The van der Waals surface area contributed by atoms with Crippen molar-refractivity contribution < 1.29 is 0 Å². The summed E-state index contributed by atoms with van der Waals surface area (Å²) in [5.74, 6) is 0. The minimum Gasteiger partial charge on any atom is -0.162 e. The maximum Gasteiger partial charge on any atom is 0.0523 e. The standard InChI is InChI=1S/C9H20S2/c1-3-4-5-6-7-8-9(2,10)11/h10-11H,3-8H2,1-2H3. The highest BCUT2D eigenvalue weighted by atomic mass is 32.2. The Morgan fingerprint density at radius 2 is 1.55 bits per heavy atom. The van der Waals surface area contributed by atoms with Crippen LogP contribution in [0.2, 0.25) is 0 Å². The molecule has 2 heteroatoms. The lowest BCUT2D eigenvalue weighted by atomic mass is 10.1. The molecule has 0 atom stereocenters. The first-order valence-electron chi connectivity index (χ1n) is 4.51. The molecule has 0 spiro atoms. The maximum absolute atomic E-state index is 4.34. The van der Waals surface area contributed by atoms with E-state index < -0.39 is 0 Å². The number of hydrogen-bond acceptors (Lipinski definition) is 2. The van der Waals surface area contributed by atoms with Gasteiger partial charge < -0.3 is 0 Å². The van der Waals surface area contributed by atoms with E-state index in [0.29, 0.717) is 0 Å². The van der Waals surface area contributed by atoms with Crippen molar-refractivity contribution in [3.8, 4) is 0 Å². The molecule has 0 rings (SSSR count). The first-order chi connectivity index (χ1) is 5.06. The van der Waals surface area contributed by atoms with Crippen LogP contribution in [-0.2, 0) is 0 Å². The van der Waals surface area contributed by atoms with Crippen molar-refractivity contribution in [1.82, 2.24) is 0 Å². The topological polar surface area (TPSA) is 0 Å². The second-order valence-electron chi connectivity index (χ2n) is 3.38. The van der Waals surface area contributed by atoms with E-state index in [0.717, 1.165) is 6.42 Å². The number of thiol groups is 2. The molecule has 0 fully saturated rings. The molecule has 0 amide bonds. The predicted molar refractivity (Wildman–Crippen MR) is 59.8 cm³/mol. The summed E-state index contributed by atoms with van der Waals surface area (Å²) in [6, 6.07) is 0. The highest BCUT2D eigenvalue weighted by molar-refractivity contribution is 8.00. The second kappa shape index (κ2) is 6.24. The SMILES string of the molecule is CCCCCCCC(C)(S)S. The molecule has 0 radical (unpaired) electrons. The van der Waals surface area contributed by atoms with Gasteiger partial charge in [-0.05, 0) is 13.3 Å². The van der Waals surface area contributed by atoms with Crippen molar-refractivity contribution in [2.24, 2.45) is 0 Å². The summed E-state index contributed by atoms with van der Waals surface area (Å²) in [7, 11) is 0. The summed E-state index contributed by atoms with van der Waals surface area (Å²) in [4.78, 5) is 0. The van der Waals surface area contributed by atoms with Crippen molar-refractivity contribution in [1.29, 1.82) is 0 Å². The van der Waals surface area contributed by atoms with E-state index in [1.807, 2.05) is 0 Å². The smallest absolute Gasteiger partial charge is 0.0523 e. The van der Waals surface area contributed by atoms with E-state index in [2.05, 4.69) is 39.1 Å². The Hall–Kier alpha value is 0.700. The zero-order valence-corrected chi connectivity index (χ0v) is 9.43. The molecule has 0 N–H and O–H groups in total. The van der Waals surface area contributed by atoms with Crippen molar-refractivity contribution in [3.05, 3.63) is 0 Å². The summed E-state index contributed by atoms with van der Waals surface area (Å²) in [5.41, 5.74) is 0. The molecule has 0 aliphatic rings. The molecule has 0 bridgehead atoms. The highest BCUT2D eigenvalue weighted by Gasteiger charge is 2.10. The van der Waals surface area contributed by atoms with Crippen LogP contribution in [0, 0.1) is 0 Å². The van der Waals surface area contributed by atoms with E-state index >= 15 is 0 Å². The Labute approximate surface area is 82.0 Å². The fourth-order valence-corrected chi connectivity index (χ4v) is 1.38. The lowest BCUT2D eigenvalue weighted by Gasteiger charge is -2.15. The molecule has 11 heavy (non-hydrogen) atoms. The molecule has 0 saturated carbocycles. The van der Waals surface area contributed by atoms with Crippen LogP contribution in [0.5, 0.6) is 0 Å². The van der Waals surface area contributed by atoms with Crippen molar-refractivity contribution in [2.75, 3.05) is 0 Å². The number of unbranched alkanes of at least 4 members (excludes halogenated alkanes) is 4. The minimum atomic E-state index is -0.0633. The molecule has 0 aromatic heterocycles. The average molecular weight is 192 g/mol. The van der Waals surface area contributed by atoms with Gasteiger partial charge in [-0.2, -0.15) is 25.3 Å². The van der Waals surface area contributed by atoms with Gasteiger partial charge in [0.05, 0.1) is 4.08 Å². The van der Waals surface area contributed by atoms with Gasteiger partial charge in [-0.15, -0.1) is 0 Å². The quantitative estimate of drug-likeness (QED) is 0.356. The molecule has 0 saturated heterocycles. The van der Waals surface area contributed by atoms with Crippen LogP contribution in [0.15, 0.2) is 0 Å². The molecular weight excluding hydrogens is 172 g/mol. The fraction of sp³-hybridized carbons (Fsp3) is 1.00. The van der Waals surface area contributed by atoms with Crippen LogP contribution in [0.1, 0.15) is 52.4 Å². The first kappa shape index (κ1) is 11.7. The lowest BCUT2D eigenvalue weighted by Crippen LogP contribution is -2.05. The summed E-state index contributed by atoms with van der Waals surface area (Å²) < 4.78 is -0.0633. The molecule has 0 nitrogen and oxygen atoms in total. The summed E-state index contributed by atoms with van der Waals surface area (Å²) in [5, 5.41) is 0. The van der Waals surface area contributed by atoms with Gasteiger partial charge in [-0.25, -0.2) is 0 Å². The monoisotopic (exact) mass is 192 g/mol. The van der Waals surface area contributed by atoms with E-state index in [1.54, 1.807) is 0 Å². The van der Waals surface area contributed by atoms with Gasteiger partial charge in [0.25, 0.3) is 0 Å². The predicted octanol–water partition coefficient (Wildman–Crippen LogP) is 3.92. The molecule has 0 aromatic rings. The van der Waals surface area contributed by atoms with Crippen molar-refractivity contribution in [3.63, 3.8) is 0 Å². The Morgan fingerprint density at radius 3 is 2.00 bits per heavy atom. The van der Waals surface area contributed by atoms with Gasteiger partial charge in [0.2, 0.25) is 0 Å². The Bertz CT molecular complexity index is 84.1. The van der Waals surface area contributed by atoms with Crippen LogP contribution < -0.4 is 0 Å². The Balaban J connectivity index is 3.02. The molecule has 0 aromatic carbocycles. The van der Waals surface area contributed by atoms with Gasteiger partial charge in [0.15, 0.2) is 0 Å². The highest BCUT2D eigenvalue weighted by Crippen LogP contribution is 2.25. The summed E-state index contributed by atoms with van der Waals surface area (Å²) in [6.07, 6.45) is 7.78. The van der Waals surface area contributed by atoms with Crippen LogP contribution in [0.25, 0.3) is 0 Å².